The molecule has 0 bridgehead atoms. The van der Waals surface area contributed by atoms with Gasteiger partial charge in [-0.15, -0.1) is 0 Å². The number of rotatable bonds is 4. The van der Waals surface area contributed by atoms with Gasteiger partial charge in [0.05, 0.1) is 6.42 Å². The minimum absolute atomic E-state index is 0.109. The maximum atomic E-state index is 13.6. The molecule has 0 radical (unpaired) electrons. The third-order valence-electron chi connectivity index (χ3n) is 3.32. The van der Waals surface area contributed by atoms with Crippen molar-refractivity contribution in [2.24, 2.45) is 0 Å². The van der Waals surface area contributed by atoms with Crippen LogP contribution in [0.25, 0.3) is 0 Å². The van der Waals surface area contributed by atoms with Gasteiger partial charge in [0, 0.05) is 25.2 Å². The highest BCUT2D eigenvalue weighted by Crippen LogP contribution is 2.13. The van der Waals surface area contributed by atoms with Gasteiger partial charge in [-0.3, -0.25) is 4.79 Å². The molecule has 0 saturated carbocycles. The second-order valence-electron chi connectivity index (χ2n) is 5.15. The lowest BCUT2D eigenvalue weighted by Gasteiger charge is -2.18. The van der Waals surface area contributed by atoms with Crippen LogP contribution in [0.5, 0.6) is 0 Å². The molecule has 0 aliphatic carbocycles. The largest absolute Gasteiger partial charge is 0.341 e. The number of nitrogens with zero attached hydrogens (tertiary/aromatic N) is 1. The van der Waals surface area contributed by atoms with E-state index in [9.17, 15) is 13.6 Å². The van der Waals surface area contributed by atoms with Gasteiger partial charge in [0.1, 0.15) is 11.6 Å². The first-order chi connectivity index (χ1) is 9.95. The van der Waals surface area contributed by atoms with E-state index in [0.29, 0.717) is 5.56 Å². The van der Waals surface area contributed by atoms with E-state index in [4.69, 9.17) is 0 Å². The Bertz CT molecular complexity index is 638. The Morgan fingerprint density at radius 1 is 1.10 bits per heavy atom. The summed E-state index contributed by atoms with van der Waals surface area (Å²) in [5.41, 5.74) is 2.35. The molecule has 1 amide bonds. The summed E-state index contributed by atoms with van der Waals surface area (Å²) in [6.07, 6.45) is 0.263. The van der Waals surface area contributed by atoms with Crippen LogP contribution in [0.1, 0.15) is 16.7 Å². The summed E-state index contributed by atoms with van der Waals surface area (Å²) in [7, 11) is 1.61. The van der Waals surface area contributed by atoms with Gasteiger partial charge in [0.25, 0.3) is 0 Å². The van der Waals surface area contributed by atoms with Gasteiger partial charge in [-0.05, 0) is 18.6 Å². The van der Waals surface area contributed by atoms with Crippen LogP contribution in [0.3, 0.4) is 0 Å². The average molecular weight is 289 g/mol. The Balaban J connectivity index is 2.00. The number of amides is 1. The second kappa shape index (κ2) is 6.48. The van der Waals surface area contributed by atoms with Crippen molar-refractivity contribution in [2.45, 2.75) is 19.9 Å². The lowest BCUT2D eigenvalue weighted by molar-refractivity contribution is -0.129. The van der Waals surface area contributed by atoms with Gasteiger partial charge < -0.3 is 4.90 Å². The van der Waals surface area contributed by atoms with Gasteiger partial charge in [0.15, 0.2) is 0 Å². The fourth-order valence-electron chi connectivity index (χ4n) is 2.01. The minimum atomic E-state index is -0.634. The Morgan fingerprint density at radius 2 is 1.76 bits per heavy atom. The van der Waals surface area contributed by atoms with Crippen molar-refractivity contribution in [3.63, 3.8) is 0 Å². The molecule has 0 aromatic heterocycles. The number of aryl methyl sites for hydroxylation is 1. The third kappa shape index (κ3) is 4.12. The monoisotopic (exact) mass is 289 g/mol. The number of benzene rings is 2. The highest BCUT2D eigenvalue weighted by atomic mass is 19.1. The number of carbonyl (C=O) groups excluding carboxylic acids is 1. The van der Waals surface area contributed by atoms with Crippen molar-refractivity contribution in [1.29, 1.82) is 0 Å². The summed E-state index contributed by atoms with van der Waals surface area (Å²) in [5.74, 6) is -1.36. The molecule has 2 aromatic carbocycles. The molecule has 2 nitrogen and oxygen atoms in total. The SMILES string of the molecule is Cc1ccc(CC(=O)N(C)Cc2ccc(F)cc2F)cc1. The van der Waals surface area contributed by atoms with Crippen LogP contribution in [-0.2, 0) is 17.8 Å². The first kappa shape index (κ1) is 15.2. The van der Waals surface area contributed by atoms with Crippen molar-refractivity contribution < 1.29 is 13.6 Å². The number of halogens is 2. The number of carbonyl (C=O) groups is 1. The number of hydrogen-bond donors (Lipinski definition) is 0. The first-order valence-electron chi connectivity index (χ1n) is 6.69. The standard InChI is InChI=1S/C17H17F2NO/c1-12-3-5-13(6-4-12)9-17(21)20(2)11-14-7-8-15(18)10-16(14)19/h3-8,10H,9,11H2,1-2H3. The van der Waals surface area contributed by atoms with Crippen molar-refractivity contribution in [2.75, 3.05) is 7.05 Å². The van der Waals surface area contributed by atoms with E-state index in [1.54, 1.807) is 7.05 Å². The van der Waals surface area contributed by atoms with Crippen molar-refractivity contribution in [1.82, 2.24) is 4.90 Å². The fourth-order valence-corrected chi connectivity index (χ4v) is 2.01. The van der Waals surface area contributed by atoms with Crippen molar-refractivity contribution in [3.8, 4) is 0 Å². The molecule has 2 aromatic rings. The van der Waals surface area contributed by atoms with E-state index >= 15 is 0 Å². The van der Waals surface area contributed by atoms with Gasteiger partial charge in [-0.25, -0.2) is 8.78 Å². The van der Waals surface area contributed by atoms with E-state index in [-0.39, 0.29) is 18.9 Å². The Morgan fingerprint density at radius 3 is 2.38 bits per heavy atom. The third-order valence-corrected chi connectivity index (χ3v) is 3.32. The molecule has 21 heavy (non-hydrogen) atoms. The van der Waals surface area contributed by atoms with Crippen LogP contribution >= 0.6 is 0 Å². The molecular weight excluding hydrogens is 272 g/mol. The lowest BCUT2D eigenvalue weighted by Crippen LogP contribution is -2.28. The van der Waals surface area contributed by atoms with Crippen LogP contribution in [0.4, 0.5) is 8.78 Å². The van der Waals surface area contributed by atoms with E-state index in [2.05, 4.69) is 0 Å². The second-order valence-corrected chi connectivity index (χ2v) is 5.15. The molecule has 0 spiro atoms. The van der Waals surface area contributed by atoms with E-state index < -0.39 is 11.6 Å². The summed E-state index contributed by atoms with van der Waals surface area (Å²) >= 11 is 0. The summed E-state index contributed by atoms with van der Waals surface area (Å²) in [4.78, 5) is 13.6. The Kier molecular flexibility index (Phi) is 4.68. The predicted molar refractivity (Wildman–Crippen MR) is 77.7 cm³/mol. The molecule has 0 aliphatic heterocycles. The van der Waals surface area contributed by atoms with Gasteiger partial charge in [-0.1, -0.05) is 35.9 Å². The van der Waals surface area contributed by atoms with Crippen molar-refractivity contribution in [3.05, 3.63) is 70.8 Å². The summed E-state index contributed by atoms with van der Waals surface area (Å²) < 4.78 is 26.4. The zero-order chi connectivity index (χ0) is 15.4. The number of likely N-dealkylation sites (N-methyl/N-ethyl adjacent to an activating group) is 1. The fraction of sp³-hybridized carbons (Fsp3) is 0.235. The molecule has 0 saturated heterocycles. The molecule has 0 unspecified atom stereocenters. The summed E-state index contributed by atoms with van der Waals surface area (Å²) in [6.45, 7) is 2.10. The quantitative estimate of drug-likeness (QED) is 0.844. The molecule has 0 N–H and O–H groups in total. The van der Waals surface area contributed by atoms with Crippen LogP contribution in [0, 0.1) is 18.6 Å². The summed E-state index contributed by atoms with van der Waals surface area (Å²) in [6, 6.07) is 11.1. The summed E-state index contributed by atoms with van der Waals surface area (Å²) in [5, 5.41) is 0. The molecular formula is C17H17F2NO. The molecule has 0 atom stereocenters. The molecule has 4 heteroatoms. The first-order valence-corrected chi connectivity index (χ1v) is 6.69. The predicted octanol–water partition coefficient (Wildman–Crippen LogP) is 3.47. The van der Waals surface area contributed by atoms with Crippen LogP contribution in [0.2, 0.25) is 0 Å². The number of hydrogen-bond acceptors (Lipinski definition) is 1. The molecule has 2 rings (SSSR count). The zero-order valence-corrected chi connectivity index (χ0v) is 12.1. The van der Waals surface area contributed by atoms with Gasteiger partial charge in [-0.2, -0.15) is 0 Å². The molecule has 110 valence electrons. The molecule has 0 aliphatic rings. The van der Waals surface area contributed by atoms with E-state index in [1.165, 1.54) is 17.0 Å². The molecule has 0 heterocycles. The minimum Gasteiger partial charge on any atom is -0.341 e. The van der Waals surface area contributed by atoms with Crippen molar-refractivity contribution >= 4 is 5.91 Å². The molecule has 0 fully saturated rings. The van der Waals surface area contributed by atoms with Crippen LogP contribution in [0.15, 0.2) is 42.5 Å². The van der Waals surface area contributed by atoms with Crippen LogP contribution < -0.4 is 0 Å². The van der Waals surface area contributed by atoms with Crippen LogP contribution in [-0.4, -0.2) is 17.9 Å². The van der Waals surface area contributed by atoms with E-state index in [1.807, 2.05) is 31.2 Å². The van der Waals surface area contributed by atoms with Gasteiger partial charge in [0.2, 0.25) is 5.91 Å². The van der Waals surface area contributed by atoms with Gasteiger partial charge >= 0.3 is 0 Å². The normalized spacial score (nSPS) is 10.5. The smallest absolute Gasteiger partial charge is 0.227 e. The maximum Gasteiger partial charge on any atom is 0.227 e. The Hall–Kier alpha value is -2.23. The highest BCUT2D eigenvalue weighted by Gasteiger charge is 2.12. The topological polar surface area (TPSA) is 20.3 Å². The zero-order valence-electron chi connectivity index (χ0n) is 12.1. The lowest BCUT2D eigenvalue weighted by atomic mass is 10.1. The Labute approximate surface area is 123 Å². The van der Waals surface area contributed by atoms with E-state index in [0.717, 1.165) is 17.2 Å². The highest BCUT2D eigenvalue weighted by molar-refractivity contribution is 5.78. The maximum absolute atomic E-state index is 13.6. The average Bonchev–Trinajstić information content (AvgIpc) is 2.44.